The van der Waals surface area contributed by atoms with E-state index in [4.69, 9.17) is 9.47 Å². The molecule has 0 amide bonds. The molecular weight excluding hydrogens is 454 g/mol. The van der Waals surface area contributed by atoms with E-state index in [2.05, 4.69) is 31.2 Å². The van der Waals surface area contributed by atoms with Crippen LogP contribution in [0.3, 0.4) is 0 Å². The van der Waals surface area contributed by atoms with E-state index < -0.39 is 11.6 Å². The van der Waals surface area contributed by atoms with Gasteiger partial charge in [0.05, 0.1) is 6.61 Å². The van der Waals surface area contributed by atoms with Gasteiger partial charge in [-0.05, 0) is 78.8 Å². The van der Waals surface area contributed by atoms with Crippen LogP contribution in [-0.2, 0) is 6.61 Å². The Bertz CT molecular complexity index is 1080. The predicted octanol–water partition coefficient (Wildman–Crippen LogP) is 9.46. The van der Waals surface area contributed by atoms with E-state index >= 15 is 0 Å². The van der Waals surface area contributed by atoms with Crippen molar-refractivity contribution in [2.24, 2.45) is 5.92 Å². The summed E-state index contributed by atoms with van der Waals surface area (Å²) >= 11 is 0. The minimum absolute atomic E-state index is 0.104. The maximum absolute atomic E-state index is 14.2. The van der Waals surface area contributed by atoms with Crippen LogP contribution in [-0.4, -0.2) is 6.61 Å². The third-order valence-corrected chi connectivity index (χ3v) is 7.44. The minimum atomic E-state index is -1.03. The Kier molecular flexibility index (Phi) is 9.38. The summed E-state index contributed by atoms with van der Waals surface area (Å²) in [6, 6.07) is 19.8. The Morgan fingerprint density at radius 3 is 1.86 bits per heavy atom. The Balaban J connectivity index is 1.30. The lowest BCUT2D eigenvalue weighted by Gasteiger charge is -2.29. The van der Waals surface area contributed by atoms with E-state index in [1.165, 1.54) is 74.6 Å². The van der Waals surface area contributed by atoms with Gasteiger partial charge in [-0.15, -0.1) is 0 Å². The molecule has 1 saturated carbocycles. The van der Waals surface area contributed by atoms with E-state index in [1.807, 2.05) is 24.3 Å². The van der Waals surface area contributed by atoms with Crippen molar-refractivity contribution in [1.29, 1.82) is 0 Å². The Morgan fingerprint density at radius 1 is 0.694 bits per heavy atom. The second kappa shape index (κ2) is 12.9. The van der Waals surface area contributed by atoms with Gasteiger partial charge in [-0.1, -0.05) is 81.1 Å². The summed E-state index contributed by atoms with van der Waals surface area (Å²) in [5.74, 6) is -0.650. The van der Waals surface area contributed by atoms with Gasteiger partial charge in [0.25, 0.3) is 0 Å². The second-order valence-corrected chi connectivity index (χ2v) is 9.94. The molecule has 3 aromatic rings. The number of benzene rings is 3. The molecule has 0 unspecified atom stereocenters. The maximum atomic E-state index is 14.2. The largest absolute Gasteiger partial charge is 0.491 e. The fourth-order valence-corrected chi connectivity index (χ4v) is 5.26. The lowest BCUT2D eigenvalue weighted by atomic mass is 9.77. The first-order chi connectivity index (χ1) is 17.6. The summed E-state index contributed by atoms with van der Waals surface area (Å²) in [7, 11) is 0. The van der Waals surface area contributed by atoms with Gasteiger partial charge in [0.15, 0.2) is 11.5 Å². The molecule has 4 heteroatoms. The highest BCUT2D eigenvalue weighted by Crippen LogP contribution is 2.38. The number of unbranched alkanes of at least 4 members (excludes halogenated alkanes) is 2. The molecule has 0 atom stereocenters. The highest BCUT2D eigenvalue weighted by molar-refractivity contribution is 5.64. The molecule has 4 rings (SSSR count). The quantitative estimate of drug-likeness (QED) is 0.248. The van der Waals surface area contributed by atoms with Gasteiger partial charge in [-0.2, -0.15) is 8.78 Å². The van der Waals surface area contributed by atoms with Gasteiger partial charge in [0.2, 0.25) is 11.6 Å². The van der Waals surface area contributed by atoms with Crippen molar-refractivity contribution < 1.29 is 18.3 Å². The van der Waals surface area contributed by atoms with Crippen molar-refractivity contribution in [3.63, 3.8) is 0 Å². The van der Waals surface area contributed by atoms with Crippen LogP contribution in [0.1, 0.15) is 82.3 Å². The zero-order valence-electron chi connectivity index (χ0n) is 21.6. The van der Waals surface area contributed by atoms with Crippen LogP contribution >= 0.6 is 0 Å². The standard InChI is InChI=1S/C32H38F2O2/c1-3-5-6-7-23-8-12-25(13-9-23)27-16-18-28(19-17-27)26-14-10-24(11-15-26)22-36-30-21-20-29(35-4-2)31(33)32(30)34/h10-11,14-21,23,25H,3-9,12-13,22H2,1-2H3. The number of hydrogen-bond donors (Lipinski definition) is 0. The first-order valence-electron chi connectivity index (χ1n) is 13.5. The van der Waals surface area contributed by atoms with Crippen molar-refractivity contribution in [3.8, 4) is 22.6 Å². The second-order valence-electron chi connectivity index (χ2n) is 9.94. The molecule has 0 radical (unpaired) electrons. The first-order valence-corrected chi connectivity index (χ1v) is 13.5. The van der Waals surface area contributed by atoms with Crippen LogP contribution in [0.2, 0.25) is 0 Å². The summed E-state index contributed by atoms with van der Waals surface area (Å²) in [4.78, 5) is 0. The van der Waals surface area contributed by atoms with Gasteiger partial charge in [0, 0.05) is 0 Å². The average Bonchev–Trinajstić information content (AvgIpc) is 2.92. The Morgan fingerprint density at radius 2 is 1.28 bits per heavy atom. The van der Waals surface area contributed by atoms with Crippen molar-refractivity contribution in [2.45, 2.75) is 77.7 Å². The highest BCUT2D eigenvalue weighted by Gasteiger charge is 2.22. The van der Waals surface area contributed by atoms with Gasteiger partial charge in [0.1, 0.15) is 6.61 Å². The van der Waals surface area contributed by atoms with Crippen molar-refractivity contribution in [2.75, 3.05) is 6.61 Å². The van der Waals surface area contributed by atoms with Gasteiger partial charge >= 0.3 is 0 Å². The molecule has 0 heterocycles. The first kappa shape index (κ1) is 26.2. The zero-order chi connectivity index (χ0) is 25.3. The molecular formula is C32H38F2O2. The van der Waals surface area contributed by atoms with Crippen LogP contribution in [0.25, 0.3) is 11.1 Å². The van der Waals surface area contributed by atoms with E-state index in [0.717, 1.165) is 17.0 Å². The Hall–Kier alpha value is -2.88. The van der Waals surface area contributed by atoms with Crippen molar-refractivity contribution in [1.82, 2.24) is 0 Å². The Labute approximate surface area is 214 Å². The summed E-state index contributed by atoms with van der Waals surface area (Å²) < 4.78 is 38.9. The molecule has 36 heavy (non-hydrogen) atoms. The predicted molar refractivity (Wildman–Crippen MR) is 143 cm³/mol. The molecule has 0 saturated heterocycles. The van der Waals surface area contributed by atoms with Crippen LogP contribution in [0.4, 0.5) is 8.78 Å². The van der Waals surface area contributed by atoms with E-state index in [9.17, 15) is 8.78 Å². The molecule has 2 nitrogen and oxygen atoms in total. The molecule has 0 spiro atoms. The van der Waals surface area contributed by atoms with E-state index in [1.54, 1.807) is 6.92 Å². The molecule has 1 fully saturated rings. The van der Waals surface area contributed by atoms with Crippen molar-refractivity contribution >= 4 is 0 Å². The number of rotatable bonds is 11. The van der Waals surface area contributed by atoms with Gasteiger partial charge in [-0.3, -0.25) is 0 Å². The molecule has 0 bridgehead atoms. The number of hydrogen-bond acceptors (Lipinski definition) is 2. The normalized spacial score (nSPS) is 17.7. The fraction of sp³-hybridized carbons (Fsp3) is 0.438. The third kappa shape index (κ3) is 6.66. The SMILES string of the molecule is CCCCCC1CCC(c2ccc(-c3ccc(COc4ccc(OCC)c(F)c4F)cc3)cc2)CC1. The van der Waals surface area contributed by atoms with Crippen molar-refractivity contribution in [3.05, 3.63) is 83.4 Å². The summed E-state index contributed by atoms with van der Waals surface area (Å²) in [5.41, 5.74) is 4.66. The summed E-state index contributed by atoms with van der Waals surface area (Å²) in [6.07, 6.45) is 10.8. The smallest absolute Gasteiger partial charge is 0.204 e. The van der Waals surface area contributed by atoms with Gasteiger partial charge < -0.3 is 9.47 Å². The topological polar surface area (TPSA) is 18.5 Å². The van der Waals surface area contributed by atoms with Crippen LogP contribution in [0.5, 0.6) is 11.5 Å². The zero-order valence-corrected chi connectivity index (χ0v) is 21.6. The summed E-state index contributed by atoms with van der Waals surface area (Å²) in [5, 5.41) is 0. The van der Waals surface area contributed by atoms with E-state index in [0.29, 0.717) is 5.92 Å². The molecule has 3 aromatic carbocycles. The molecule has 0 aliphatic heterocycles. The molecule has 1 aliphatic carbocycles. The number of ether oxygens (including phenoxy) is 2. The molecule has 1 aliphatic rings. The van der Waals surface area contributed by atoms with Gasteiger partial charge in [-0.25, -0.2) is 0 Å². The molecule has 192 valence electrons. The van der Waals surface area contributed by atoms with Crippen LogP contribution in [0.15, 0.2) is 60.7 Å². The third-order valence-electron chi connectivity index (χ3n) is 7.44. The maximum Gasteiger partial charge on any atom is 0.204 e. The lowest BCUT2D eigenvalue weighted by Crippen LogP contribution is -2.13. The molecule has 0 N–H and O–H groups in total. The molecule has 0 aromatic heterocycles. The van der Waals surface area contributed by atoms with E-state index in [-0.39, 0.29) is 24.7 Å². The lowest BCUT2D eigenvalue weighted by molar-refractivity contribution is 0.274. The van der Waals surface area contributed by atoms with Crippen LogP contribution < -0.4 is 9.47 Å². The highest BCUT2D eigenvalue weighted by atomic mass is 19.2. The summed E-state index contributed by atoms with van der Waals surface area (Å²) in [6.45, 7) is 4.43. The fourth-order valence-electron chi connectivity index (χ4n) is 5.26. The minimum Gasteiger partial charge on any atom is -0.491 e. The monoisotopic (exact) mass is 492 g/mol. The average molecular weight is 493 g/mol. The number of halogens is 2. The van der Waals surface area contributed by atoms with Crippen LogP contribution in [0, 0.1) is 17.6 Å².